The Labute approximate surface area is 116 Å². The van der Waals surface area contributed by atoms with Gasteiger partial charge in [0.15, 0.2) is 5.13 Å². The lowest BCUT2D eigenvalue weighted by Crippen LogP contribution is -2.41. The van der Waals surface area contributed by atoms with Gasteiger partial charge in [-0.1, -0.05) is 6.42 Å². The van der Waals surface area contributed by atoms with Crippen LogP contribution in [0.15, 0.2) is 11.6 Å². The Morgan fingerprint density at radius 2 is 2.05 bits per heavy atom. The minimum absolute atomic E-state index is 0.441. The number of nitrogens with one attached hydrogen (secondary N) is 2. The minimum atomic E-state index is -0.659. The van der Waals surface area contributed by atoms with Crippen LogP contribution in [-0.4, -0.2) is 47.9 Å². The summed E-state index contributed by atoms with van der Waals surface area (Å²) in [5.74, 6) is -1.26. The molecule has 1 aliphatic heterocycles. The molecular weight excluding hydrogens is 264 g/mol. The van der Waals surface area contributed by atoms with Gasteiger partial charge in [0.25, 0.3) is 0 Å². The van der Waals surface area contributed by atoms with E-state index in [0.29, 0.717) is 11.7 Å². The van der Waals surface area contributed by atoms with Crippen molar-refractivity contribution in [2.75, 3.05) is 31.5 Å². The average Bonchev–Trinajstić information content (AvgIpc) is 2.92. The molecule has 104 valence electrons. The monoisotopic (exact) mass is 282 g/mol. The highest BCUT2D eigenvalue weighted by Gasteiger charge is 2.15. The van der Waals surface area contributed by atoms with E-state index in [9.17, 15) is 9.59 Å². The molecule has 0 spiro atoms. The third kappa shape index (κ3) is 4.60. The van der Waals surface area contributed by atoms with Gasteiger partial charge in [-0.3, -0.25) is 14.9 Å². The van der Waals surface area contributed by atoms with Crippen LogP contribution >= 0.6 is 11.3 Å². The summed E-state index contributed by atoms with van der Waals surface area (Å²) in [6, 6.07) is 0. The molecule has 1 saturated heterocycles. The zero-order chi connectivity index (χ0) is 13.5. The average molecular weight is 282 g/mol. The number of piperidine rings is 1. The Balaban J connectivity index is 1.64. The Kier molecular flexibility index (Phi) is 5.29. The van der Waals surface area contributed by atoms with Crippen molar-refractivity contribution in [1.82, 2.24) is 15.2 Å². The van der Waals surface area contributed by atoms with E-state index in [2.05, 4.69) is 20.5 Å². The molecular formula is C12H18N4O2S. The first-order valence-corrected chi connectivity index (χ1v) is 7.35. The van der Waals surface area contributed by atoms with Gasteiger partial charge < -0.3 is 10.2 Å². The molecule has 2 amide bonds. The maximum atomic E-state index is 11.5. The SMILES string of the molecule is O=C(NCCN1CCCCC1)C(=O)Nc1nccs1. The van der Waals surface area contributed by atoms with Crippen molar-refractivity contribution in [2.24, 2.45) is 0 Å². The van der Waals surface area contributed by atoms with E-state index in [-0.39, 0.29) is 0 Å². The van der Waals surface area contributed by atoms with Crippen molar-refractivity contribution in [1.29, 1.82) is 0 Å². The Hall–Kier alpha value is -1.47. The van der Waals surface area contributed by atoms with Gasteiger partial charge in [-0.25, -0.2) is 4.98 Å². The molecule has 1 aromatic rings. The van der Waals surface area contributed by atoms with Crippen molar-refractivity contribution in [2.45, 2.75) is 19.3 Å². The van der Waals surface area contributed by atoms with Crippen molar-refractivity contribution in [3.63, 3.8) is 0 Å². The van der Waals surface area contributed by atoms with E-state index < -0.39 is 11.8 Å². The quantitative estimate of drug-likeness (QED) is 0.797. The van der Waals surface area contributed by atoms with Crippen LogP contribution in [-0.2, 0) is 9.59 Å². The van der Waals surface area contributed by atoms with E-state index in [0.717, 1.165) is 19.6 Å². The molecule has 0 aliphatic carbocycles. The fraction of sp³-hybridized carbons (Fsp3) is 0.583. The van der Waals surface area contributed by atoms with E-state index in [4.69, 9.17) is 0 Å². The molecule has 0 radical (unpaired) electrons. The molecule has 0 aromatic carbocycles. The number of rotatable bonds is 4. The standard InChI is InChI=1S/C12H18N4O2S/c17-10(11(18)15-12-14-5-9-19-12)13-4-8-16-6-2-1-3-7-16/h5,9H,1-4,6-8H2,(H,13,17)(H,14,15,18). The molecule has 2 N–H and O–H groups in total. The molecule has 1 aliphatic rings. The number of carbonyl (C=O) groups is 2. The smallest absolute Gasteiger partial charge is 0.315 e. The van der Waals surface area contributed by atoms with E-state index in [1.165, 1.54) is 30.6 Å². The second-order valence-electron chi connectivity index (χ2n) is 4.45. The highest BCUT2D eigenvalue weighted by Crippen LogP contribution is 2.09. The number of hydrogen-bond donors (Lipinski definition) is 2. The van der Waals surface area contributed by atoms with Crippen molar-refractivity contribution >= 4 is 28.3 Å². The predicted molar refractivity (Wildman–Crippen MR) is 74.0 cm³/mol. The lowest BCUT2D eigenvalue weighted by Gasteiger charge is -2.26. The molecule has 2 heterocycles. The highest BCUT2D eigenvalue weighted by molar-refractivity contribution is 7.13. The van der Waals surface area contributed by atoms with Crippen LogP contribution in [0, 0.1) is 0 Å². The molecule has 6 nitrogen and oxygen atoms in total. The Morgan fingerprint density at radius 1 is 1.26 bits per heavy atom. The number of hydrogen-bond acceptors (Lipinski definition) is 5. The zero-order valence-corrected chi connectivity index (χ0v) is 11.5. The van der Waals surface area contributed by atoms with Gasteiger partial charge in [0.1, 0.15) is 0 Å². The zero-order valence-electron chi connectivity index (χ0n) is 10.7. The van der Waals surface area contributed by atoms with Crippen LogP contribution in [0.1, 0.15) is 19.3 Å². The van der Waals surface area contributed by atoms with Gasteiger partial charge >= 0.3 is 11.8 Å². The lowest BCUT2D eigenvalue weighted by atomic mass is 10.1. The van der Waals surface area contributed by atoms with Gasteiger partial charge in [-0.05, 0) is 25.9 Å². The molecule has 7 heteroatoms. The fourth-order valence-electron chi connectivity index (χ4n) is 2.03. The van der Waals surface area contributed by atoms with Crippen molar-refractivity contribution < 1.29 is 9.59 Å². The first kappa shape index (κ1) is 14.0. The number of nitrogens with zero attached hydrogens (tertiary/aromatic N) is 2. The number of carbonyl (C=O) groups excluding carboxylic acids is 2. The Morgan fingerprint density at radius 3 is 2.74 bits per heavy atom. The molecule has 0 bridgehead atoms. The van der Waals surface area contributed by atoms with Crippen LogP contribution in [0.4, 0.5) is 5.13 Å². The summed E-state index contributed by atoms with van der Waals surface area (Å²) in [5.41, 5.74) is 0. The van der Waals surface area contributed by atoms with E-state index >= 15 is 0 Å². The van der Waals surface area contributed by atoms with Gasteiger partial charge in [-0.15, -0.1) is 11.3 Å². The number of amides is 2. The summed E-state index contributed by atoms with van der Waals surface area (Å²) in [6.45, 7) is 3.47. The number of aromatic nitrogens is 1. The molecule has 0 unspecified atom stereocenters. The third-order valence-corrected chi connectivity index (χ3v) is 3.71. The topological polar surface area (TPSA) is 74.3 Å². The minimum Gasteiger partial charge on any atom is -0.347 e. The second kappa shape index (κ2) is 7.20. The molecule has 0 saturated carbocycles. The van der Waals surface area contributed by atoms with Crippen LogP contribution in [0.5, 0.6) is 0 Å². The second-order valence-corrected chi connectivity index (χ2v) is 5.34. The van der Waals surface area contributed by atoms with E-state index in [1.807, 2.05) is 0 Å². The first-order valence-electron chi connectivity index (χ1n) is 6.47. The van der Waals surface area contributed by atoms with Gasteiger partial charge in [0, 0.05) is 24.7 Å². The van der Waals surface area contributed by atoms with E-state index in [1.54, 1.807) is 11.6 Å². The summed E-state index contributed by atoms with van der Waals surface area (Å²) >= 11 is 1.28. The first-order chi connectivity index (χ1) is 9.25. The summed E-state index contributed by atoms with van der Waals surface area (Å²) in [6.07, 6.45) is 5.31. The molecule has 19 heavy (non-hydrogen) atoms. The summed E-state index contributed by atoms with van der Waals surface area (Å²) in [7, 11) is 0. The molecule has 2 rings (SSSR count). The summed E-state index contributed by atoms with van der Waals surface area (Å²) in [5, 5.41) is 7.26. The van der Waals surface area contributed by atoms with Gasteiger partial charge in [-0.2, -0.15) is 0 Å². The highest BCUT2D eigenvalue weighted by atomic mass is 32.1. The fourth-order valence-corrected chi connectivity index (χ4v) is 2.55. The number of thiazole rings is 1. The predicted octanol–water partition coefficient (Wildman–Crippen LogP) is 0.684. The van der Waals surface area contributed by atoms with Gasteiger partial charge in [0.05, 0.1) is 0 Å². The number of anilines is 1. The Bertz CT molecular complexity index is 415. The van der Waals surface area contributed by atoms with Gasteiger partial charge in [0.2, 0.25) is 0 Å². The third-order valence-electron chi connectivity index (χ3n) is 3.02. The van der Waals surface area contributed by atoms with Crippen molar-refractivity contribution in [3.8, 4) is 0 Å². The lowest BCUT2D eigenvalue weighted by molar-refractivity contribution is -0.136. The summed E-state index contributed by atoms with van der Waals surface area (Å²) < 4.78 is 0. The van der Waals surface area contributed by atoms with Crippen LogP contribution in [0.3, 0.4) is 0 Å². The van der Waals surface area contributed by atoms with Crippen LogP contribution in [0.2, 0.25) is 0 Å². The normalized spacial score (nSPS) is 16.0. The largest absolute Gasteiger partial charge is 0.347 e. The summed E-state index contributed by atoms with van der Waals surface area (Å²) in [4.78, 5) is 29.3. The maximum absolute atomic E-state index is 11.5. The number of likely N-dealkylation sites (tertiary alicyclic amines) is 1. The molecule has 1 fully saturated rings. The van der Waals surface area contributed by atoms with Crippen LogP contribution < -0.4 is 10.6 Å². The molecule has 0 atom stereocenters. The molecule has 1 aromatic heterocycles. The van der Waals surface area contributed by atoms with Crippen molar-refractivity contribution in [3.05, 3.63) is 11.6 Å². The maximum Gasteiger partial charge on any atom is 0.315 e. The van der Waals surface area contributed by atoms with Crippen LogP contribution in [0.25, 0.3) is 0 Å².